The van der Waals surface area contributed by atoms with Gasteiger partial charge in [0, 0.05) is 12.1 Å². The van der Waals surface area contributed by atoms with Gasteiger partial charge in [0.2, 0.25) is 0 Å². The summed E-state index contributed by atoms with van der Waals surface area (Å²) in [5.41, 5.74) is 2.02. The van der Waals surface area contributed by atoms with Crippen molar-refractivity contribution in [3.63, 3.8) is 0 Å². The Bertz CT molecular complexity index is 1200. The zero-order chi connectivity index (χ0) is 24.1. The zero-order valence-electron chi connectivity index (χ0n) is 18.9. The summed E-state index contributed by atoms with van der Waals surface area (Å²) in [5.74, 6) is -1.40. The summed E-state index contributed by atoms with van der Waals surface area (Å²) in [6.07, 6.45) is 1.28. The molecule has 3 aromatic carbocycles. The first-order valence-corrected chi connectivity index (χ1v) is 11.3. The number of aliphatic hydroxyl groups is 1. The van der Waals surface area contributed by atoms with Crippen molar-refractivity contribution in [1.29, 1.82) is 0 Å². The van der Waals surface area contributed by atoms with Gasteiger partial charge in [-0.1, -0.05) is 61.5 Å². The van der Waals surface area contributed by atoms with Gasteiger partial charge in [-0.25, -0.2) is 4.39 Å². The molecule has 0 saturated carbocycles. The van der Waals surface area contributed by atoms with E-state index < -0.39 is 17.7 Å². The maximum Gasteiger partial charge on any atom is 0.295 e. The Morgan fingerprint density at radius 2 is 1.74 bits per heavy atom. The molecule has 5 nitrogen and oxygen atoms in total. The minimum atomic E-state index is -0.734. The smallest absolute Gasteiger partial charge is 0.295 e. The van der Waals surface area contributed by atoms with E-state index in [9.17, 15) is 19.1 Å². The minimum absolute atomic E-state index is 0.0444. The highest BCUT2D eigenvalue weighted by molar-refractivity contribution is 6.46. The number of rotatable bonds is 8. The largest absolute Gasteiger partial charge is 0.507 e. The van der Waals surface area contributed by atoms with E-state index in [1.807, 2.05) is 37.3 Å². The van der Waals surface area contributed by atoms with E-state index in [-0.39, 0.29) is 23.7 Å². The maximum absolute atomic E-state index is 13.3. The molecule has 1 unspecified atom stereocenters. The average Bonchev–Trinajstić information content (AvgIpc) is 3.12. The molecule has 1 fully saturated rings. The predicted octanol–water partition coefficient (Wildman–Crippen LogP) is 5.28. The number of hydrogen-bond acceptors (Lipinski definition) is 4. The second-order valence-electron chi connectivity index (χ2n) is 8.16. The standard InChI is InChI=1S/C28H26FNO4/c1-2-17-34-23-10-6-9-21(18-23)26(31)24-25(20-7-4-3-5-8-20)30(28(33)27(24)32)16-15-19-11-13-22(29)14-12-19/h3-14,18,25,31H,2,15-17H2,1H3/b26-24-. The fourth-order valence-electron chi connectivity index (χ4n) is 4.10. The van der Waals surface area contributed by atoms with E-state index >= 15 is 0 Å². The van der Waals surface area contributed by atoms with E-state index in [2.05, 4.69) is 0 Å². The first-order chi connectivity index (χ1) is 16.5. The van der Waals surface area contributed by atoms with Gasteiger partial charge in [-0.3, -0.25) is 9.59 Å². The maximum atomic E-state index is 13.3. The number of likely N-dealkylation sites (tertiary alicyclic amines) is 1. The number of ether oxygens (including phenoxy) is 1. The number of aliphatic hydroxyl groups excluding tert-OH is 1. The summed E-state index contributed by atoms with van der Waals surface area (Å²) in [6, 6.07) is 21.3. The van der Waals surface area contributed by atoms with E-state index in [0.717, 1.165) is 17.5 Å². The lowest BCUT2D eigenvalue weighted by Crippen LogP contribution is -2.31. The second-order valence-corrected chi connectivity index (χ2v) is 8.16. The van der Waals surface area contributed by atoms with Crippen molar-refractivity contribution in [3.8, 4) is 5.75 Å². The number of amides is 1. The lowest BCUT2D eigenvalue weighted by molar-refractivity contribution is -0.139. The molecule has 0 aliphatic carbocycles. The Labute approximate surface area is 198 Å². The van der Waals surface area contributed by atoms with E-state index in [1.165, 1.54) is 17.0 Å². The van der Waals surface area contributed by atoms with Crippen molar-refractivity contribution >= 4 is 17.4 Å². The predicted molar refractivity (Wildman–Crippen MR) is 128 cm³/mol. The fourth-order valence-corrected chi connectivity index (χ4v) is 4.10. The van der Waals surface area contributed by atoms with Crippen LogP contribution in [0.5, 0.6) is 5.75 Å². The number of Topliss-reactive ketones (excluding diaryl/α,β-unsaturated/α-hetero) is 1. The van der Waals surface area contributed by atoms with Crippen LogP contribution in [-0.4, -0.2) is 34.8 Å². The normalized spacial score (nSPS) is 17.2. The van der Waals surface area contributed by atoms with Crippen LogP contribution in [0.4, 0.5) is 4.39 Å². The average molecular weight is 460 g/mol. The first-order valence-electron chi connectivity index (χ1n) is 11.3. The van der Waals surface area contributed by atoms with Gasteiger partial charge in [0.1, 0.15) is 17.3 Å². The first kappa shape index (κ1) is 23.2. The summed E-state index contributed by atoms with van der Waals surface area (Å²) >= 11 is 0. The molecule has 1 heterocycles. The van der Waals surface area contributed by atoms with E-state index in [4.69, 9.17) is 4.74 Å². The zero-order valence-corrected chi connectivity index (χ0v) is 18.9. The molecule has 4 rings (SSSR count). The molecule has 0 aromatic heterocycles. The molecule has 1 aliphatic rings. The van der Waals surface area contributed by atoms with Gasteiger partial charge in [0.05, 0.1) is 18.2 Å². The molecular weight excluding hydrogens is 433 g/mol. The van der Waals surface area contributed by atoms with Gasteiger partial charge in [-0.05, 0) is 48.2 Å². The van der Waals surface area contributed by atoms with Crippen LogP contribution in [0.25, 0.3) is 5.76 Å². The van der Waals surface area contributed by atoms with Crippen LogP contribution in [0.1, 0.15) is 36.1 Å². The van der Waals surface area contributed by atoms with Crippen LogP contribution < -0.4 is 4.74 Å². The molecule has 1 saturated heterocycles. The van der Waals surface area contributed by atoms with Gasteiger partial charge >= 0.3 is 0 Å². The number of nitrogens with zero attached hydrogens (tertiary/aromatic N) is 1. The van der Waals surface area contributed by atoms with Gasteiger partial charge in [-0.15, -0.1) is 0 Å². The summed E-state index contributed by atoms with van der Waals surface area (Å²) in [6.45, 7) is 2.77. The van der Waals surface area contributed by atoms with E-state index in [1.54, 1.807) is 36.4 Å². The highest BCUT2D eigenvalue weighted by Gasteiger charge is 2.45. The molecule has 0 radical (unpaired) electrons. The van der Waals surface area contributed by atoms with Crippen molar-refractivity contribution < 1.29 is 23.8 Å². The molecule has 1 aliphatic heterocycles. The van der Waals surface area contributed by atoms with Crippen molar-refractivity contribution in [3.05, 3.63) is 107 Å². The lowest BCUT2D eigenvalue weighted by atomic mass is 9.95. The third-order valence-corrected chi connectivity index (χ3v) is 5.79. The summed E-state index contributed by atoms with van der Waals surface area (Å²) in [4.78, 5) is 27.7. The minimum Gasteiger partial charge on any atom is -0.507 e. The molecule has 174 valence electrons. The molecule has 34 heavy (non-hydrogen) atoms. The molecule has 1 amide bonds. The Kier molecular flexibility index (Phi) is 7.07. The van der Waals surface area contributed by atoms with Crippen LogP contribution >= 0.6 is 0 Å². The topological polar surface area (TPSA) is 66.8 Å². The molecule has 3 aromatic rings. The second kappa shape index (κ2) is 10.3. The quantitative estimate of drug-likeness (QED) is 0.283. The van der Waals surface area contributed by atoms with Crippen LogP contribution in [0.3, 0.4) is 0 Å². The third-order valence-electron chi connectivity index (χ3n) is 5.79. The van der Waals surface area contributed by atoms with Crippen LogP contribution in [0.2, 0.25) is 0 Å². The van der Waals surface area contributed by atoms with Crippen LogP contribution in [0, 0.1) is 5.82 Å². The van der Waals surface area contributed by atoms with Gasteiger partial charge in [-0.2, -0.15) is 0 Å². The highest BCUT2D eigenvalue weighted by Crippen LogP contribution is 2.39. The third kappa shape index (κ3) is 4.86. The number of halogens is 1. The number of hydrogen-bond donors (Lipinski definition) is 1. The molecule has 1 N–H and O–H groups in total. The molecule has 0 spiro atoms. The molecular formula is C28H26FNO4. The van der Waals surface area contributed by atoms with Gasteiger partial charge < -0.3 is 14.7 Å². The van der Waals surface area contributed by atoms with Gasteiger partial charge in [0.15, 0.2) is 0 Å². The Morgan fingerprint density at radius 1 is 1.00 bits per heavy atom. The van der Waals surface area contributed by atoms with Gasteiger partial charge in [0.25, 0.3) is 11.7 Å². The van der Waals surface area contributed by atoms with Crippen molar-refractivity contribution in [1.82, 2.24) is 4.90 Å². The monoisotopic (exact) mass is 459 g/mol. The number of carbonyl (C=O) groups is 2. The Balaban J connectivity index is 1.72. The molecule has 0 bridgehead atoms. The number of carbonyl (C=O) groups excluding carboxylic acids is 2. The number of benzene rings is 3. The summed E-state index contributed by atoms with van der Waals surface area (Å²) in [7, 11) is 0. The highest BCUT2D eigenvalue weighted by atomic mass is 19.1. The van der Waals surface area contributed by atoms with Crippen molar-refractivity contribution in [2.45, 2.75) is 25.8 Å². The Morgan fingerprint density at radius 3 is 2.44 bits per heavy atom. The van der Waals surface area contributed by atoms with Crippen LogP contribution in [0.15, 0.2) is 84.4 Å². The summed E-state index contributed by atoms with van der Waals surface area (Å²) in [5, 5.41) is 11.2. The Hall–Kier alpha value is -3.93. The molecule has 6 heteroatoms. The van der Waals surface area contributed by atoms with Crippen LogP contribution in [-0.2, 0) is 16.0 Å². The fraction of sp³-hybridized carbons (Fsp3) is 0.214. The van der Waals surface area contributed by atoms with Crippen molar-refractivity contribution in [2.24, 2.45) is 0 Å². The lowest BCUT2D eigenvalue weighted by Gasteiger charge is -2.25. The van der Waals surface area contributed by atoms with Crippen molar-refractivity contribution in [2.75, 3.05) is 13.2 Å². The number of ketones is 1. The SMILES string of the molecule is CCCOc1cccc(/C(O)=C2/C(=O)C(=O)N(CCc3ccc(F)cc3)C2c2ccccc2)c1. The summed E-state index contributed by atoms with van der Waals surface area (Å²) < 4.78 is 18.9. The molecule has 1 atom stereocenters. The van der Waals surface area contributed by atoms with E-state index in [0.29, 0.717) is 24.3 Å².